The van der Waals surface area contributed by atoms with Crippen LogP contribution in [0.25, 0.3) is 0 Å². The molecular weight excluding hydrogens is 424 g/mol. The smallest absolute Gasteiger partial charge is 0.225 e. The van der Waals surface area contributed by atoms with Gasteiger partial charge in [0.05, 0.1) is 5.71 Å². The summed E-state index contributed by atoms with van der Waals surface area (Å²) in [4.78, 5) is 16.3. The van der Waals surface area contributed by atoms with Crippen molar-refractivity contribution in [3.05, 3.63) is 59.3 Å². The fraction of sp³-hybridized carbons (Fsp3) is 0.500. The first-order valence-electron chi connectivity index (χ1n) is 11.8. The van der Waals surface area contributed by atoms with E-state index in [0.717, 1.165) is 42.5 Å². The topological polar surface area (TPSA) is 74.6 Å². The number of nitrogens with zero attached hydrogens (tertiary/aromatic N) is 2. The lowest BCUT2D eigenvalue weighted by atomic mass is 9.54. The molecule has 2 fully saturated rings. The molecule has 7 heteroatoms. The summed E-state index contributed by atoms with van der Waals surface area (Å²) in [6.07, 6.45) is 5.09. The van der Waals surface area contributed by atoms with Crippen LogP contribution < -0.4 is 5.32 Å². The molecule has 2 aromatic rings. The van der Waals surface area contributed by atoms with E-state index >= 15 is 0 Å². The second-order valence-electron chi connectivity index (χ2n) is 10.0. The van der Waals surface area contributed by atoms with Crippen molar-refractivity contribution >= 4 is 17.4 Å². The maximum atomic E-state index is 14.5. The standard InChI is InChI=1S/C26H29F2N3O2/c1-26-13-12-17-16-4-2-5-20(27)18(16)9-10-19(17)25(26)15(14-21(26)31-33)8-11-24(32)30-23-7-3-6-22(28)29-23/h2-7,15,17,19,25,33H,8-14H2,1H3,(H,29,30,32)/b31-21+/t15-,17?,19?,25?,26-/m1/s1. The van der Waals surface area contributed by atoms with Gasteiger partial charge in [-0.25, -0.2) is 9.37 Å². The number of hydrogen-bond donors (Lipinski definition) is 2. The third-order valence-corrected chi connectivity index (χ3v) is 8.44. The molecule has 5 rings (SSSR count). The average molecular weight is 454 g/mol. The number of pyridine rings is 1. The highest BCUT2D eigenvalue weighted by molar-refractivity contribution is 5.93. The summed E-state index contributed by atoms with van der Waals surface area (Å²) in [5.41, 5.74) is 2.62. The van der Waals surface area contributed by atoms with Crippen molar-refractivity contribution in [2.45, 2.75) is 57.8 Å². The van der Waals surface area contributed by atoms with E-state index in [1.54, 1.807) is 12.1 Å². The van der Waals surface area contributed by atoms with E-state index in [1.165, 1.54) is 12.1 Å². The highest BCUT2D eigenvalue weighted by Crippen LogP contribution is 2.62. The van der Waals surface area contributed by atoms with Crippen LogP contribution in [0.4, 0.5) is 14.6 Å². The second kappa shape index (κ2) is 8.50. The van der Waals surface area contributed by atoms with Gasteiger partial charge in [-0.05, 0) is 91.5 Å². The van der Waals surface area contributed by atoms with E-state index in [9.17, 15) is 18.8 Å². The zero-order valence-corrected chi connectivity index (χ0v) is 18.7. The molecule has 3 aliphatic rings. The normalized spacial score (nSPS) is 31.5. The molecule has 174 valence electrons. The molecule has 1 amide bonds. The zero-order chi connectivity index (χ0) is 23.2. The van der Waals surface area contributed by atoms with Crippen molar-refractivity contribution in [2.24, 2.45) is 28.3 Å². The van der Waals surface area contributed by atoms with Gasteiger partial charge in [-0.3, -0.25) is 4.79 Å². The van der Waals surface area contributed by atoms with Crippen LogP contribution in [-0.2, 0) is 11.2 Å². The first-order valence-corrected chi connectivity index (χ1v) is 11.8. The first-order chi connectivity index (χ1) is 15.9. The molecule has 1 aromatic heterocycles. The molecule has 2 N–H and O–H groups in total. The van der Waals surface area contributed by atoms with Gasteiger partial charge < -0.3 is 10.5 Å². The molecule has 5 atom stereocenters. The lowest BCUT2D eigenvalue weighted by Gasteiger charge is -2.50. The predicted octanol–water partition coefficient (Wildman–Crippen LogP) is 5.69. The summed E-state index contributed by atoms with van der Waals surface area (Å²) in [7, 11) is 0. The van der Waals surface area contributed by atoms with E-state index in [4.69, 9.17) is 0 Å². The van der Waals surface area contributed by atoms with Crippen LogP contribution in [-0.4, -0.2) is 21.8 Å². The number of nitrogens with one attached hydrogen (secondary N) is 1. The maximum absolute atomic E-state index is 14.5. The van der Waals surface area contributed by atoms with Crippen LogP contribution in [0.2, 0.25) is 0 Å². The maximum Gasteiger partial charge on any atom is 0.225 e. The van der Waals surface area contributed by atoms with Gasteiger partial charge in [-0.15, -0.1) is 0 Å². The van der Waals surface area contributed by atoms with Crippen LogP contribution in [0.5, 0.6) is 0 Å². The van der Waals surface area contributed by atoms with Crippen molar-refractivity contribution in [3.8, 4) is 0 Å². The zero-order valence-electron chi connectivity index (χ0n) is 18.7. The summed E-state index contributed by atoms with van der Waals surface area (Å²) < 4.78 is 27.8. The van der Waals surface area contributed by atoms with E-state index in [0.29, 0.717) is 24.7 Å². The third-order valence-electron chi connectivity index (χ3n) is 8.44. The van der Waals surface area contributed by atoms with E-state index in [2.05, 4.69) is 28.4 Å². The summed E-state index contributed by atoms with van der Waals surface area (Å²) in [5, 5.41) is 16.2. The second-order valence-corrected chi connectivity index (χ2v) is 10.0. The van der Waals surface area contributed by atoms with Gasteiger partial charge >= 0.3 is 0 Å². The lowest BCUT2D eigenvalue weighted by Crippen LogP contribution is -2.44. The number of carbonyl (C=O) groups is 1. The Kier molecular flexibility index (Phi) is 5.67. The Hall–Kier alpha value is -2.83. The minimum absolute atomic E-state index is 0.109. The molecule has 0 saturated heterocycles. The SMILES string of the molecule is C[C@]12CCC3c4cccc(F)c4CCC3C1[C@H](CCC(=O)Nc1cccc(F)n1)C/C2=N\O. The van der Waals surface area contributed by atoms with Crippen LogP contribution in [0.1, 0.15) is 62.5 Å². The number of anilines is 1. The Morgan fingerprint density at radius 1 is 1.24 bits per heavy atom. The fourth-order valence-electron chi connectivity index (χ4n) is 7.07. The van der Waals surface area contributed by atoms with Gasteiger partial charge in [-0.2, -0.15) is 4.39 Å². The molecule has 0 spiro atoms. The number of hydrogen-bond acceptors (Lipinski definition) is 4. The van der Waals surface area contributed by atoms with Gasteiger partial charge in [0.2, 0.25) is 11.9 Å². The van der Waals surface area contributed by atoms with E-state index in [1.807, 2.05) is 6.07 Å². The van der Waals surface area contributed by atoms with Crippen LogP contribution in [0.15, 0.2) is 41.6 Å². The first kappa shape index (κ1) is 22.0. The number of aromatic nitrogens is 1. The van der Waals surface area contributed by atoms with Gasteiger partial charge in [0.15, 0.2) is 0 Å². The van der Waals surface area contributed by atoms with E-state index < -0.39 is 5.95 Å². The van der Waals surface area contributed by atoms with Gasteiger partial charge in [0.1, 0.15) is 11.6 Å². The number of carbonyl (C=O) groups excluding carboxylic acids is 1. The Morgan fingerprint density at radius 3 is 2.85 bits per heavy atom. The quantitative estimate of drug-likeness (QED) is 0.355. The molecule has 0 bridgehead atoms. The summed E-state index contributed by atoms with van der Waals surface area (Å²) >= 11 is 0. The molecule has 0 aliphatic heterocycles. The molecular formula is C26H29F2N3O2. The number of benzene rings is 1. The number of rotatable bonds is 4. The number of amides is 1. The predicted molar refractivity (Wildman–Crippen MR) is 121 cm³/mol. The minimum Gasteiger partial charge on any atom is -0.411 e. The fourth-order valence-corrected chi connectivity index (χ4v) is 7.07. The van der Waals surface area contributed by atoms with Crippen molar-refractivity contribution in [1.29, 1.82) is 0 Å². The largest absolute Gasteiger partial charge is 0.411 e. The highest BCUT2D eigenvalue weighted by Gasteiger charge is 2.57. The number of oxime groups is 1. The summed E-state index contributed by atoms with van der Waals surface area (Å²) in [5.74, 6) is 0.412. The number of halogens is 2. The van der Waals surface area contributed by atoms with Crippen LogP contribution in [0, 0.1) is 34.9 Å². The molecule has 3 aliphatic carbocycles. The van der Waals surface area contributed by atoms with Crippen molar-refractivity contribution in [2.75, 3.05) is 5.32 Å². The van der Waals surface area contributed by atoms with E-state index in [-0.39, 0.29) is 41.2 Å². The Balaban J connectivity index is 1.36. The minimum atomic E-state index is -0.634. The van der Waals surface area contributed by atoms with Crippen LogP contribution in [0.3, 0.4) is 0 Å². The molecule has 5 nitrogen and oxygen atoms in total. The Morgan fingerprint density at radius 2 is 2.06 bits per heavy atom. The molecule has 1 aromatic carbocycles. The average Bonchev–Trinajstić information content (AvgIpc) is 3.09. The molecule has 1 heterocycles. The Bertz CT molecular complexity index is 1100. The van der Waals surface area contributed by atoms with Crippen molar-refractivity contribution in [1.82, 2.24) is 4.98 Å². The van der Waals surface area contributed by atoms with Crippen molar-refractivity contribution in [3.63, 3.8) is 0 Å². The third kappa shape index (κ3) is 3.81. The van der Waals surface area contributed by atoms with Crippen LogP contribution >= 0.6 is 0 Å². The molecule has 33 heavy (non-hydrogen) atoms. The highest BCUT2D eigenvalue weighted by atomic mass is 19.1. The van der Waals surface area contributed by atoms with Gasteiger partial charge in [-0.1, -0.05) is 30.3 Å². The molecule has 3 unspecified atom stereocenters. The van der Waals surface area contributed by atoms with Gasteiger partial charge in [0.25, 0.3) is 0 Å². The van der Waals surface area contributed by atoms with Crippen molar-refractivity contribution < 1.29 is 18.8 Å². The molecule has 0 radical (unpaired) electrons. The summed E-state index contributed by atoms with van der Waals surface area (Å²) in [6.45, 7) is 2.20. The Labute approximate surface area is 192 Å². The molecule has 2 saturated carbocycles. The van der Waals surface area contributed by atoms with Gasteiger partial charge in [0, 0.05) is 11.8 Å². The summed E-state index contributed by atoms with van der Waals surface area (Å²) in [6, 6.07) is 9.74. The monoisotopic (exact) mass is 453 g/mol. The lowest BCUT2D eigenvalue weighted by molar-refractivity contribution is -0.116. The number of fused-ring (bicyclic) bond motifs is 5.